The van der Waals surface area contributed by atoms with Crippen LogP contribution >= 0.6 is 24.1 Å². The lowest BCUT2D eigenvalue weighted by Gasteiger charge is -2.10. The topological polar surface area (TPSA) is 212 Å². The van der Waals surface area contributed by atoms with Gasteiger partial charge in [0.05, 0.1) is 51.7 Å². The molecule has 0 fully saturated rings. The van der Waals surface area contributed by atoms with E-state index in [0.29, 0.717) is 56.0 Å². The second-order valence-corrected chi connectivity index (χ2v) is 10.7. The third kappa shape index (κ3) is 8.18. The molecule has 0 unspecified atom stereocenters. The normalized spacial score (nSPS) is 11.9. The summed E-state index contributed by atoms with van der Waals surface area (Å²) in [6.45, 7) is 1.75. The van der Waals surface area contributed by atoms with E-state index < -0.39 is 0 Å². The van der Waals surface area contributed by atoms with E-state index in [-0.39, 0.29) is 33.5 Å². The van der Waals surface area contributed by atoms with Crippen LogP contribution in [0.2, 0.25) is 0 Å². The SMILES string of the molecule is Cc1cc(N=Nc2c(SOOO)cc3cc(N=Nc4ccc(O)cc4)ccc3c2O)c(O)cc1N=Nc1ccc(SOOO)cc1. The van der Waals surface area contributed by atoms with E-state index in [1.807, 2.05) is 0 Å². The molecule has 0 heterocycles. The average molecular weight is 663 g/mol. The van der Waals surface area contributed by atoms with Gasteiger partial charge in [0.15, 0.2) is 5.75 Å². The van der Waals surface area contributed by atoms with Gasteiger partial charge >= 0.3 is 0 Å². The van der Waals surface area contributed by atoms with Gasteiger partial charge in [-0.2, -0.15) is 20.5 Å². The van der Waals surface area contributed by atoms with E-state index in [2.05, 4.69) is 49.4 Å². The molecule has 0 aliphatic rings. The first-order valence-electron chi connectivity index (χ1n) is 12.9. The number of aromatic hydroxyl groups is 3. The first-order chi connectivity index (χ1) is 22.3. The number of rotatable bonds is 12. The molecule has 17 heteroatoms. The Morgan fingerprint density at radius 1 is 0.587 bits per heavy atom. The highest BCUT2D eigenvalue weighted by Gasteiger charge is 2.16. The third-order valence-corrected chi connectivity index (χ3v) is 7.35. The highest BCUT2D eigenvalue weighted by atomic mass is 32.2. The summed E-state index contributed by atoms with van der Waals surface area (Å²) in [5.74, 6) is -0.392. The van der Waals surface area contributed by atoms with Crippen molar-refractivity contribution in [2.24, 2.45) is 30.7 Å². The zero-order chi connectivity index (χ0) is 32.5. The Labute approximate surface area is 268 Å². The van der Waals surface area contributed by atoms with E-state index >= 15 is 0 Å². The van der Waals surface area contributed by atoms with Crippen LogP contribution in [0.25, 0.3) is 10.8 Å². The van der Waals surface area contributed by atoms with Gasteiger partial charge in [0.25, 0.3) is 0 Å². The van der Waals surface area contributed by atoms with Crippen molar-refractivity contribution in [2.75, 3.05) is 0 Å². The van der Waals surface area contributed by atoms with E-state index in [0.717, 1.165) is 12.0 Å². The summed E-state index contributed by atoms with van der Waals surface area (Å²) in [6.07, 6.45) is 0. The molecule has 15 nitrogen and oxygen atoms in total. The first kappa shape index (κ1) is 32.4. The minimum Gasteiger partial charge on any atom is -0.508 e. The molecule has 234 valence electrons. The Bertz CT molecular complexity index is 1920. The molecule has 0 saturated heterocycles. The fourth-order valence-corrected chi connectivity index (χ4v) is 4.80. The Kier molecular flexibility index (Phi) is 10.8. The summed E-state index contributed by atoms with van der Waals surface area (Å²) >= 11 is 1.38. The van der Waals surface area contributed by atoms with Crippen LogP contribution in [0.5, 0.6) is 17.2 Å². The summed E-state index contributed by atoms with van der Waals surface area (Å²) in [6, 6.07) is 22.4. The van der Waals surface area contributed by atoms with Gasteiger partial charge < -0.3 is 15.3 Å². The standard InChI is InChI=1S/C29H22N6O9S2/c1-16-12-25(26(37)15-24(16)33-31-19-4-9-22(10-5-19)45-43-41-39)34-35-28-27(46-44-42-40)14-17-13-20(6-11-23(17)29(28)38)32-30-18-2-7-21(36)8-3-18/h2-15,36-40H,1H3. The molecule has 0 radical (unpaired) electrons. The molecule has 0 spiro atoms. The van der Waals surface area contributed by atoms with Crippen LogP contribution in [0.15, 0.2) is 125 Å². The molecule has 0 saturated carbocycles. The molecular formula is C29H22N6O9S2. The molecular weight excluding hydrogens is 640 g/mol. The van der Waals surface area contributed by atoms with Gasteiger partial charge in [0, 0.05) is 16.3 Å². The zero-order valence-electron chi connectivity index (χ0n) is 23.5. The minimum absolute atomic E-state index is 0.0219. The van der Waals surface area contributed by atoms with Crippen LogP contribution in [0.1, 0.15) is 5.56 Å². The van der Waals surface area contributed by atoms with E-state index in [1.165, 1.54) is 18.2 Å². The number of nitrogens with zero attached hydrogens (tertiary/aromatic N) is 6. The number of phenols is 3. The molecule has 5 N–H and O–H groups in total. The summed E-state index contributed by atoms with van der Waals surface area (Å²) in [5.41, 5.74) is 2.59. The molecule has 0 bridgehead atoms. The molecule has 5 rings (SSSR count). The van der Waals surface area contributed by atoms with Gasteiger partial charge in [-0.1, -0.05) is 10.1 Å². The van der Waals surface area contributed by atoms with Crippen molar-refractivity contribution in [1.82, 2.24) is 0 Å². The lowest BCUT2D eigenvalue weighted by atomic mass is 10.1. The zero-order valence-corrected chi connectivity index (χ0v) is 25.1. The maximum Gasteiger partial charge on any atom is 0.152 e. The minimum atomic E-state index is -0.256. The molecule has 5 aromatic rings. The van der Waals surface area contributed by atoms with Gasteiger partial charge in [-0.05, 0) is 96.7 Å². The largest absolute Gasteiger partial charge is 0.508 e. The van der Waals surface area contributed by atoms with Crippen molar-refractivity contribution in [1.29, 1.82) is 0 Å². The van der Waals surface area contributed by atoms with Crippen LogP contribution in [0.4, 0.5) is 34.1 Å². The quantitative estimate of drug-likeness (QED) is 0.0367. The monoisotopic (exact) mass is 662 g/mol. The lowest BCUT2D eigenvalue weighted by Crippen LogP contribution is -1.83. The smallest absolute Gasteiger partial charge is 0.152 e. The fraction of sp³-hybridized carbons (Fsp3) is 0.0345. The number of phenolic OH excluding ortho intramolecular Hbond substituents is 3. The van der Waals surface area contributed by atoms with Crippen LogP contribution < -0.4 is 0 Å². The highest BCUT2D eigenvalue weighted by molar-refractivity contribution is 7.94. The Morgan fingerprint density at radius 2 is 1.20 bits per heavy atom. The van der Waals surface area contributed by atoms with E-state index in [4.69, 9.17) is 10.5 Å². The summed E-state index contributed by atoms with van der Waals surface area (Å²) in [4.78, 5) is 0.876. The number of azo groups is 3. The average Bonchev–Trinajstić information content (AvgIpc) is 3.06. The van der Waals surface area contributed by atoms with Crippen LogP contribution in [0, 0.1) is 6.92 Å². The lowest BCUT2D eigenvalue weighted by molar-refractivity contribution is -0.432. The van der Waals surface area contributed by atoms with Gasteiger partial charge in [0.1, 0.15) is 22.9 Å². The predicted octanol–water partition coefficient (Wildman–Crippen LogP) is 10.4. The molecule has 0 aromatic heterocycles. The first-order valence-corrected chi connectivity index (χ1v) is 14.4. The summed E-state index contributed by atoms with van der Waals surface area (Å²) < 4.78 is 8.99. The number of aryl methyl sites for hydroxylation is 1. The van der Waals surface area contributed by atoms with Gasteiger partial charge in [0.2, 0.25) is 0 Å². The number of hydrogen-bond donors (Lipinski definition) is 5. The van der Waals surface area contributed by atoms with Crippen molar-refractivity contribution < 1.29 is 44.6 Å². The number of benzene rings is 5. The van der Waals surface area contributed by atoms with Crippen molar-refractivity contribution in [2.45, 2.75) is 16.7 Å². The Balaban J connectivity index is 1.40. The maximum absolute atomic E-state index is 11.1. The maximum atomic E-state index is 11.1. The van der Waals surface area contributed by atoms with E-state index in [9.17, 15) is 15.3 Å². The Hall–Kier alpha value is -4.98. The molecule has 0 aliphatic heterocycles. The van der Waals surface area contributed by atoms with Crippen molar-refractivity contribution >= 4 is 69.0 Å². The van der Waals surface area contributed by atoms with Gasteiger partial charge in [-0.15, -0.1) is 18.9 Å². The molecule has 46 heavy (non-hydrogen) atoms. The van der Waals surface area contributed by atoms with Crippen molar-refractivity contribution in [3.8, 4) is 17.2 Å². The molecule has 0 amide bonds. The predicted molar refractivity (Wildman–Crippen MR) is 167 cm³/mol. The van der Waals surface area contributed by atoms with Crippen LogP contribution in [-0.2, 0) is 18.7 Å². The Morgan fingerprint density at radius 3 is 1.91 bits per heavy atom. The number of hydrogen-bond acceptors (Lipinski definition) is 17. The van der Waals surface area contributed by atoms with Crippen molar-refractivity contribution in [3.63, 3.8) is 0 Å². The number of fused-ring (bicyclic) bond motifs is 1. The van der Waals surface area contributed by atoms with Crippen molar-refractivity contribution in [3.05, 3.63) is 90.5 Å². The molecule has 0 atom stereocenters. The van der Waals surface area contributed by atoms with Crippen LogP contribution in [0.3, 0.4) is 0 Å². The van der Waals surface area contributed by atoms with E-state index in [1.54, 1.807) is 73.7 Å². The second kappa shape index (κ2) is 15.3. The summed E-state index contributed by atoms with van der Waals surface area (Å²) in [7, 11) is 0. The molecule has 0 aliphatic carbocycles. The third-order valence-electron chi connectivity index (χ3n) is 6.14. The van der Waals surface area contributed by atoms with Gasteiger partial charge in [-0.25, -0.2) is 10.5 Å². The van der Waals surface area contributed by atoms with Crippen LogP contribution in [-0.4, -0.2) is 25.8 Å². The highest BCUT2D eigenvalue weighted by Crippen LogP contribution is 2.45. The summed E-state index contributed by atoms with van der Waals surface area (Å²) in [5, 5.41) is 81.4. The molecule has 5 aromatic carbocycles. The second-order valence-electron chi connectivity index (χ2n) is 9.17. The van der Waals surface area contributed by atoms with Gasteiger partial charge in [-0.3, -0.25) is 0 Å². The fourth-order valence-electron chi connectivity index (χ4n) is 3.94.